The number of carbonyl (C=O) groups excluding carboxylic acids is 1. The zero-order valence-electron chi connectivity index (χ0n) is 8.95. The van der Waals surface area contributed by atoms with E-state index in [2.05, 4.69) is 26.2 Å². The van der Waals surface area contributed by atoms with Gasteiger partial charge in [-0.15, -0.1) is 0 Å². The number of nitrogens with one attached hydrogen (secondary N) is 1. The number of anilines is 1. The van der Waals surface area contributed by atoms with E-state index in [1.165, 1.54) is 36.5 Å². The quantitative estimate of drug-likeness (QED) is 0.849. The van der Waals surface area contributed by atoms with E-state index >= 15 is 0 Å². The Labute approximate surface area is 116 Å². The monoisotopic (exact) mass is 328 g/mol. The van der Waals surface area contributed by atoms with E-state index in [4.69, 9.17) is 11.6 Å². The third-order valence-corrected chi connectivity index (χ3v) is 3.06. The minimum absolute atomic E-state index is 0.223. The molecule has 0 saturated carbocycles. The lowest BCUT2D eigenvalue weighted by molar-refractivity contribution is 0.102. The van der Waals surface area contributed by atoms with Crippen molar-refractivity contribution < 1.29 is 9.18 Å². The molecule has 0 saturated heterocycles. The number of hydrogen-bond donors (Lipinski definition) is 1. The molecule has 3 nitrogen and oxygen atoms in total. The molecule has 2 aromatic rings. The van der Waals surface area contributed by atoms with Crippen LogP contribution in [0, 0.1) is 5.82 Å². The topological polar surface area (TPSA) is 42.0 Å². The minimum Gasteiger partial charge on any atom is -0.321 e. The van der Waals surface area contributed by atoms with Gasteiger partial charge in [0.1, 0.15) is 11.0 Å². The lowest BCUT2D eigenvalue weighted by Crippen LogP contribution is -2.12. The molecule has 2 rings (SSSR count). The van der Waals surface area contributed by atoms with Crippen LogP contribution in [0.25, 0.3) is 0 Å². The van der Waals surface area contributed by atoms with Gasteiger partial charge in [0.25, 0.3) is 5.91 Å². The predicted molar refractivity (Wildman–Crippen MR) is 71.3 cm³/mol. The summed E-state index contributed by atoms with van der Waals surface area (Å²) in [6, 6.07) is 7.00. The first-order valence-electron chi connectivity index (χ1n) is 4.94. The van der Waals surface area contributed by atoms with E-state index in [1.54, 1.807) is 0 Å². The van der Waals surface area contributed by atoms with Gasteiger partial charge in [-0.3, -0.25) is 4.79 Å². The van der Waals surface area contributed by atoms with E-state index < -0.39 is 5.82 Å². The maximum absolute atomic E-state index is 13.1. The first kappa shape index (κ1) is 13.0. The Morgan fingerprint density at radius 2 is 2.11 bits per heavy atom. The van der Waals surface area contributed by atoms with Crippen LogP contribution in [0.4, 0.5) is 10.1 Å². The largest absolute Gasteiger partial charge is 0.321 e. The van der Waals surface area contributed by atoms with Crippen LogP contribution in [0.2, 0.25) is 5.15 Å². The molecule has 0 fully saturated rings. The summed E-state index contributed by atoms with van der Waals surface area (Å²) < 4.78 is 13.7. The molecule has 0 aliphatic carbocycles. The molecule has 0 spiro atoms. The van der Waals surface area contributed by atoms with Crippen molar-refractivity contribution >= 4 is 39.1 Å². The first-order valence-corrected chi connectivity index (χ1v) is 6.11. The second kappa shape index (κ2) is 5.46. The Balaban J connectivity index is 2.24. The average Bonchev–Trinajstić information content (AvgIpc) is 2.34. The van der Waals surface area contributed by atoms with Gasteiger partial charge >= 0.3 is 0 Å². The zero-order valence-corrected chi connectivity index (χ0v) is 11.3. The zero-order chi connectivity index (χ0) is 13.1. The second-order valence-corrected chi connectivity index (χ2v) is 4.69. The van der Waals surface area contributed by atoms with Crippen molar-refractivity contribution in [3.63, 3.8) is 0 Å². The number of aromatic nitrogens is 1. The number of amides is 1. The Hall–Kier alpha value is -1.46. The van der Waals surface area contributed by atoms with Gasteiger partial charge in [-0.1, -0.05) is 11.6 Å². The summed E-state index contributed by atoms with van der Waals surface area (Å²) in [4.78, 5) is 15.7. The maximum Gasteiger partial charge on any atom is 0.255 e. The molecule has 0 atom stereocenters. The van der Waals surface area contributed by atoms with Crippen molar-refractivity contribution in [3.05, 3.63) is 57.5 Å². The molecule has 0 aliphatic heterocycles. The van der Waals surface area contributed by atoms with Crippen LogP contribution in [0.15, 0.2) is 41.0 Å². The molecular formula is C12H7BrClFN2O. The van der Waals surface area contributed by atoms with Crippen LogP contribution in [-0.2, 0) is 0 Å². The highest BCUT2D eigenvalue weighted by atomic mass is 79.9. The van der Waals surface area contributed by atoms with Crippen molar-refractivity contribution in [2.24, 2.45) is 0 Å². The fraction of sp³-hybridized carbons (Fsp3) is 0. The summed E-state index contributed by atoms with van der Waals surface area (Å²) in [5.41, 5.74) is 0.707. The third kappa shape index (κ3) is 3.05. The van der Waals surface area contributed by atoms with E-state index in [0.29, 0.717) is 15.7 Å². The number of halogens is 3. The number of carbonyl (C=O) groups is 1. The van der Waals surface area contributed by atoms with Gasteiger partial charge < -0.3 is 5.32 Å². The Kier molecular flexibility index (Phi) is 3.93. The second-order valence-electron chi connectivity index (χ2n) is 3.45. The molecule has 92 valence electrons. The van der Waals surface area contributed by atoms with Gasteiger partial charge in [0.05, 0.1) is 5.69 Å². The van der Waals surface area contributed by atoms with E-state index in [1.807, 2.05) is 0 Å². The Morgan fingerprint density at radius 1 is 1.33 bits per heavy atom. The number of benzene rings is 1. The molecule has 1 N–H and O–H groups in total. The first-order chi connectivity index (χ1) is 8.56. The van der Waals surface area contributed by atoms with Gasteiger partial charge in [-0.25, -0.2) is 9.37 Å². The van der Waals surface area contributed by atoms with Gasteiger partial charge in [-0.05, 0) is 46.3 Å². The predicted octanol–water partition coefficient (Wildman–Crippen LogP) is 3.89. The van der Waals surface area contributed by atoms with Crippen molar-refractivity contribution in [2.75, 3.05) is 5.32 Å². The van der Waals surface area contributed by atoms with Gasteiger partial charge in [0, 0.05) is 16.2 Å². The molecule has 18 heavy (non-hydrogen) atoms. The van der Waals surface area contributed by atoms with Crippen molar-refractivity contribution in [2.45, 2.75) is 0 Å². The highest BCUT2D eigenvalue weighted by Crippen LogP contribution is 2.23. The van der Waals surface area contributed by atoms with Crippen molar-refractivity contribution in [3.8, 4) is 0 Å². The minimum atomic E-state index is -0.429. The van der Waals surface area contributed by atoms with Gasteiger partial charge in [-0.2, -0.15) is 0 Å². The summed E-state index contributed by atoms with van der Waals surface area (Å²) in [7, 11) is 0. The normalized spacial score (nSPS) is 10.2. The smallest absolute Gasteiger partial charge is 0.255 e. The summed E-state index contributed by atoms with van der Waals surface area (Å²) in [5.74, 6) is -0.813. The molecule has 1 amide bonds. The standard InChI is InChI=1S/C12H7BrClFN2O/c13-9-2-1-8(15)6-10(9)17-12(18)7-3-4-16-11(14)5-7/h1-6H,(H,17,18). The van der Waals surface area contributed by atoms with Crippen LogP contribution in [0.3, 0.4) is 0 Å². The Bertz CT molecular complexity index is 606. The molecule has 0 aliphatic rings. The maximum atomic E-state index is 13.1. The molecule has 0 unspecified atom stereocenters. The summed E-state index contributed by atoms with van der Waals surface area (Å²) in [6.07, 6.45) is 1.43. The van der Waals surface area contributed by atoms with E-state index in [0.717, 1.165) is 0 Å². The number of hydrogen-bond acceptors (Lipinski definition) is 2. The summed E-state index contributed by atoms with van der Waals surface area (Å²) in [5, 5.41) is 2.81. The van der Waals surface area contributed by atoms with E-state index in [-0.39, 0.29) is 11.1 Å². The molecule has 1 aromatic heterocycles. The molecule has 0 radical (unpaired) electrons. The van der Waals surface area contributed by atoms with E-state index in [9.17, 15) is 9.18 Å². The lowest BCUT2D eigenvalue weighted by atomic mass is 10.2. The van der Waals surface area contributed by atoms with Crippen molar-refractivity contribution in [1.82, 2.24) is 4.98 Å². The van der Waals surface area contributed by atoms with Crippen LogP contribution in [0.5, 0.6) is 0 Å². The highest BCUT2D eigenvalue weighted by Gasteiger charge is 2.09. The summed E-state index contributed by atoms with van der Waals surface area (Å²) >= 11 is 8.91. The molecule has 0 bridgehead atoms. The molecule has 6 heteroatoms. The SMILES string of the molecule is O=C(Nc1cc(F)ccc1Br)c1ccnc(Cl)c1. The lowest BCUT2D eigenvalue weighted by Gasteiger charge is -2.07. The third-order valence-electron chi connectivity index (χ3n) is 2.17. The fourth-order valence-corrected chi connectivity index (χ4v) is 1.85. The number of pyridine rings is 1. The highest BCUT2D eigenvalue weighted by molar-refractivity contribution is 9.10. The van der Waals surface area contributed by atoms with Crippen LogP contribution in [-0.4, -0.2) is 10.9 Å². The molecule has 1 heterocycles. The van der Waals surface area contributed by atoms with Crippen molar-refractivity contribution in [1.29, 1.82) is 0 Å². The molecular weight excluding hydrogens is 323 g/mol. The van der Waals surface area contributed by atoms with Crippen LogP contribution < -0.4 is 5.32 Å². The number of rotatable bonds is 2. The Morgan fingerprint density at radius 3 is 2.83 bits per heavy atom. The van der Waals surface area contributed by atoms with Gasteiger partial charge in [0.2, 0.25) is 0 Å². The molecule has 1 aromatic carbocycles. The fourth-order valence-electron chi connectivity index (χ4n) is 1.33. The number of nitrogens with zero attached hydrogens (tertiary/aromatic N) is 1. The van der Waals surface area contributed by atoms with Crippen LogP contribution >= 0.6 is 27.5 Å². The van der Waals surface area contributed by atoms with Crippen LogP contribution in [0.1, 0.15) is 10.4 Å². The van der Waals surface area contributed by atoms with Gasteiger partial charge in [0.15, 0.2) is 0 Å². The summed E-state index contributed by atoms with van der Waals surface area (Å²) in [6.45, 7) is 0. The average molecular weight is 330 g/mol.